The smallest absolute Gasteiger partial charge is 0.325 e. The van der Waals surface area contributed by atoms with Crippen LogP contribution in [0.5, 0.6) is 0 Å². The van der Waals surface area contributed by atoms with E-state index in [9.17, 15) is 9.90 Å². The SMILES string of the molecule is COC(C[C@H](O)[C@H](N)C(=O)OCc1ccccc1)OC. The second kappa shape index (κ2) is 8.65. The van der Waals surface area contributed by atoms with E-state index >= 15 is 0 Å². The Morgan fingerprint density at radius 1 is 1.25 bits per heavy atom. The Morgan fingerprint density at radius 2 is 1.85 bits per heavy atom. The van der Waals surface area contributed by atoms with Crippen LogP contribution >= 0.6 is 0 Å². The Labute approximate surface area is 118 Å². The molecule has 0 aromatic heterocycles. The third kappa shape index (κ3) is 5.26. The van der Waals surface area contributed by atoms with Gasteiger partial charge in [-0.15, -0.1) is 0 Å². The Morgan fingerprint density at radius 3 is 2.40 bits per heavy atom. The van der Waals surface area contributed by atoms with Gasteiger partial charge in [-0.25, -0.2) is 0 Å². The van der Waals surface area contributed by atoms with Crippen molar-refractivity contribution in [2.24, 2.45) is 5.73 Å². The predicted molar refractivity (Wildman–Crippen MR) is 72.6 cm³/mol. The summed E-state index contributed by atoms with van der Waals surface area (Å²) in [6.07, 6.45) is -1.62. The Bertz CT molecular complexity index is 394. The number of benzene rings is 1. The maximum atomic E-state index is 11.7. The summed E-state index contributed by atoms with van der Waals surface area (Å²) in [7, 11) is 2.89. The minimum atomic E-state index is -1.13. The molecule has 0 aliphatic rings. The van der Waals surface area contributed by atoms with Crippen molar-refractivity contribution in [2.45, 2.75) is 31.5 Å². The maximum absolute atomic E-state index is 11.7. The molecule has 0 spiro atoms. The molecule has 0 aliphatic carbocycles. The van der Waals surface area contributed by atoms with E-state index in [1.807, 2.05) is 30.3 Å². The second-order valence-electron chi connectivity index (χ2n) is 4.32. The van der Waals surface area contributed by atoms with Gasteiger partial charge in [0.15, 0.2) is 6.29 Å². The van der Waals surface area contributed by atoms with Gasteiger partial charge in [0.1, 0.15) is 12.6 Å². The molecule has 6 heteroatoms. The van der Waals surface area contributed by atoms with Crippen LogP contribution < -0.4 is 5.73 Å². The predicted octanol–water partition coefficient (Wildman–Crippen LogP) is 0.427. The van der Waals surface area contributed by atoms with Crippen LogP contribution in [-0.2, 0) is 25.6 Å². The molecule has 1 rings (SSSR count). The molecule has 0 heterocycles. The molecule has 0 aliphatic heterocycles. The Hall–Kier alpha value is -1.47. The number of ether oxygens (including phenoxy) is 3. The summed E-state index contributed by atoms with van der Waals surface area (Å²) in [5, 5.41) is 9.83. The standard InChI is InChI=1S/C14H21NO5/c1-18-12(19-2)8-11(16)13(15)14(17)20-9-10-6-4-3-5-7-10/h3-7,11-13,16H,8-9,15H2,1-2H3/t11-,13-/m0/s1. The van der Waals surface area contributed by atoms with E-state index in [0.29, 0.717) is 0 Å². The van der Waals surface area contributed by atoms with Gasteiger partial charge in [-0.3, -0.25) is 4.79 Å². The van der Waals surface area contributed by atoms with Crippen LogP contribution in [0.2, 0.25) is 0 Å². The first-order valence-corrected chi connectivity index (χ1v) is 6.28. The zero-order chi connectivity index (χ0) is 15.0. The Balaban J connectivity index is 2.42. The number of esters is 1. The van der Waals surface area contributed by atoms with Crippen LogP contribution in [0.15, 0.2) is 30.3 Å². The lowest BCUT2D eigenvalue weighted by Gasteiger charge is -2.21. The van der Waals surface area contributed by atoms with Crippen LogP contribution in [0.3, 0.4) is 0 Å². The average Bonchev–Trinajstić information content (AvgIpc) is 2.50. The highest BCUT2D eigenvalue weighted by Gasteiger charge is 2.27. The highest BCUT2D eigenvalue weighted by Crippen LogP contribution is 2.08. The lowest BCUT2D eigenvalue weighted by Crippen LogP contribution is -2.44. The quantitative estimate of drug-likeness (QED) is 0.531. The molecular weight excluding hydrogens is 262 g/mol. The highest BCUT2D eigenvalue weighted by molar-refractivity contribution is 5.76. The van der Waals surface area contributed by atoms with Gasteiger partial charge < -0.3 is 25.1 Å². The lowest BCUT2D eigenvalue weighted by atomic mass is 10.1. The molecule has 0 bridgehead atoms. The summed E-state index contributed by atoms with van der Waals surface area (Å²) in [5.41, 5.74) is 6.50. The molecular formula is C14H21NO5. The summed E-state index contributed by atoms with van der Waals surface area (Å²) in [5.74, 6) is -0.660. The van der Waals surface area contributed by atoms with Crippen LogP contribution in [0.25, 0.3) is 0 Å². The van der Waals surface area contributed by atoms with Crippen molar-refractivity contribution in [2.75, 3.05) is 14.2 Å². The molecule has 0 amide bonds. The van der Waals surface area contributed by atoms with Crippen LogP contribution in [0.4, 0.5) is 0 Å². The summed E-state index contributed by atoms with van der Waals surface area (Å²) in [6, 6.07) is 8.10. The average molecular weight is 283 g/mol. The number of hydrogen-bond acceptors (Lipinski definition) is 6. The first-order chi connectivity index (χ1) is 9.58. The molecule has 2 atom stereocenters. The summed E-state index contributed by atoms with van der Waals surface area (Å²) in [6.45, 7) is 0.123. The van der Waals surface area contributed by atoms with Gasteiger partial charge in [0.05, 0.1) is 6.10 Å². The number of aliphatic hydroxyl groups is 1. The number of methoxy groups -OCH3 is 2. The number of aliphatic hydroxyl groups excluding tert-OH is 1. The molecule has 0 saturated carbocycles. The Kier molecular flexibility index (Phi) is 7.17. The van der Waals surface area contributed by atoms with Gasteiger partial charge in [-0.2, -0.15) is 0 Å². The molecule has 0 saturated heterocycles. The monoisotopic (exact) mass is 283 g/mol. The molecule has 0 fully saturated rings. The topological polar surface area (TPSA) is 91.0 Å². The number of nitrogens with two attached hydrogens (primary N) is 1. The van der Waals surface area contributed by atoms with Gasteiger partial charge in [-0.05, 0) is 5.56 Å². The maximum Gasteiger partial charge on any atom is 0.325 e. The molecule has 3 N–H and O–H groups in total. The fraction of sp³-hybridized carbons (Fsp3) is 0.500. The van der Waals surface area contributed by atoms with Crippen molar-refractivity contribution in [3.05, 3.63) is 35.9 Å². The zero-order valence-electron chi connectivity index (χ0n) is 11.7. The van der Waals surface area contributed by atoms with Crippen molar-refractivity contribution < 1.29 is 24.1 Å². The van der Waals surface area contributed by atoms with Crippen molar-refractivity contribution >= 4 is 5.97 Å². The minimum Gasteiger partial charge on any atom is -0.460 e. The number of rotatable bonds is 8. The van der Waals surface area contributed by atoms with Gasteiger partial charge >= 0.3 is 5.97 Å². The second-order valence-corrected chi connectivity index (χ2v) is 4.32. The third-order valence-electron chi connectivity index (χ3n) is 2.87. The van der Waals surface area contributed by atoms with E-state index in [0.717, 1.165) is 5.56 Å². The van der Waals surface area contributed by atoms with E-state index in [-0.39, 0.29) is 13.0 Å². The first-order valence-electron chi connectivity index (χ1n) is 6.28. The summed E-state index contributed by atoms with van der Waals surface area (Å²) < 4.78 is 14.9. The molecule has 112 valence electrons. The van der Waals surface area contributed by atoms with Crippen molar-refractivity contribution in [3.63, 3.8) is 0 Å². The molecule has 1 aromatic rings. The number of carbonyl (C=O) groups excluding carboxylic acids is 1. The molecule has 20 heavy (non-hydrogen) atoms. The van der Waals surface area contributed by atoms with Gasteiger partial charge in [0, 0.05) is 20.6 Å². The largest absolute Gasteiger partial charge is 0.460 e. The molecule has 1 aromatic carbocycles. The third-order valence-corrected chi connectivity index (χ3v) is 2.87. The van der Waals surface area contributed by atoms with Crippen molar-refractivity contribution in [3.8, 4) is 0 Å². The van der Waals surface area contributed by atoms with E-state index in [1.165, 1.54) is 14.2 Å². The van der Waals surface area contributed by atoms with Crippen LogP contribution in [0.1, 0.15) is 12.0 Å². The van der Waals surface area contributed by atoms with Crippen molar-refractivity contribution in [1.29, 1.82) is 0 Å². The summed E-state index contributed by atoms with van der Waals surface area (Å²) in [4.78, 5) is 11.7. The lowest BCUT2D eigenvalue weighted by molar-refractivity contribution is -0.153. The van der Waals surface area contributed by atoms with E-state index in [2.05, 4.69) is 0 Å². The van der Waals surface area contributed by atoms with Gasteiger partial charge in [0.25, 0.3) is 0 Å². The molecule has 6 nitrogen and oxygen atoms in total. The fourth-order valence-electron chi connectivity index (χ4n) is 1.61. The zero-order valence-corrected chi connectivity index (χ0v) is 11.7. The van der Waals surface area contributed by atoms with E-state index in [4.69, 9.17) is 19.9 Å². The first kappa shape index (κ1) is 16.6. The molecule has 0 radical (unpaired) electrons. The van der Waals surface area contributed by atoms with Gasteiger partial charge in [0.2, 0.25) is 0 Å². The normalized spacial score (nSPS) is 14.1. The summed E-state index contributed by atoms with van der Waals surface area (Å²) >= 11 is 0. The fourth-order valence-corrected chi connectivity index (χ4v) is 1.61. The molecule has 0 unspecified atom stereocenters. The van der Waals surface area contributed by atoms with E-state index in [1.54, 1.807) is 0 Å². The van der Waals surface area contributed by atoms with Crippen LogP contribution in [0, 0.1) is 0 Å². The number of carbonyl (C=O) groups is 1. The van der Waals surface area contributed by atoms with Crippen LogP contribution in [-0.4, -0.2) is 43.7 Å². The highest BCUT2D eigenvalue weighted by atomic mass is 16.7. The number of hydrogen-bond donors (Lipinski definition) is 2. The van der Waals surface area contributed by atoms with Crippen molar-refractivity contribution in [1.82, 2.24) is 0 Å². The van der Waals surface area contributed by atoms with E-state index < -0.39 is 24.4 Å². The van der Waals surface area contributed by atoms with Gasteiger partial charge in [-0.1, -0.05) is 30.3 Å². The minimum absolute atomic E-state index is 0.0919.